The molecule has 0 fully saturated rings. The Morgan fingerprint density at radius 2 is 1.22 bits per heavy atom. The summed E-state index contributed by atoms with van der Waals surface area (Å²) in [5.41, 5.74) is 2.80. The SMILES string of the molecule is CCCCCCCCCCCCCCCCC=C1CCN=C1C. The van der Waals surface area contributed by atoms with Crippen LogP contribution in [0, 0.1) is 0 Å². The van der Waals surface area contributed by atoms with E-state index in [4.69, 9.17) is 0 Å². The quantitative estimate of drug-likeness (QED) is 0.275. The Labute approximate surface area is 146 Å². The molecule has 1 heterocycles. The van der Waals surface area contributed by atoms with Crippen LogP contribution in [-0.2, 0) is 0 Å². The van der Waals surface area contributed by atoms with Crippen LogP contribution in [0.25, 0.3) is 0 Å². The van der Waals surface area contributed by atoms with Crippen LogP contribution < -0.4 is 0 Å². The normalized spacial score (nSPS) is 16.3. The van der Waals surface area contributed by atoms with E-state index in [0.717, 1.165) is 6.54 Å². The molecule has 0 unspecified atom stereocenters. The molecule has 0 aromatic heterocycles. The lowest BCUT2D eigenvalue weighted by Crippen LogP contribution is -1.89. The molecular weight excluding hydrogens is 278 g/mol. The van der Waals surface area contributed by atoms with Gasteiger partial charge in [0.15, 0.2) is 0 Å². The second kappa shape index (κ2) is 15.0. The predicted octanol–water partition coefficient (Wildman–Crippen LogP) is 7.65. The summed E-state index contributed by atoms with van der Waals surface area (Å²) in [5, 5.41) is 0. The minimum Gasteiger partial charge on any atom is -0.289 e. The molecule has 1 heteroatoms. The topological polar surface area (TPSA) is 12.4 Å². The largest absolute Gasteiger partial charge is 0.289 e. The lowest BCUT2D eigenvalue weighted by Gasteiger charge is -2.03. The van der Waals surface area contributed by atoms with Crippen LogP contribution >= 0.6 is 0 Å². The molecule has 0 aliphatic carbocycles. The first kappa shape index (κ1) is 20.5. The van der Waals surface area contributed by atoms with Crippen molar-refractivity contribution >= 4 is 5.71 Å². The van der Waals surface area contributed by atoms with Crippen LogP contribution in [0.4, 0.5) is 0 Å². The molecule has 0 saturated carbocycles. The zero-order valence-electron chi connectivity index (χ0n) is 16.0. The number of hydrogen-bond acceptors (Lipinski definition) is 1. The molecule has 0 amide bonds. The van der Waals surface area contributed by atoms with Gasteiger partial charge < -0.3 is 0 Å². The average molecular weight is 320 g/mol. The van der Waals surface area contributed by atoms with Crippen molar-refractivity contribution in [3.63, 3.8) is 0 Å². The number of hydrogen-bond donors (Lipinski definition) is 0. The van der Waals surface area contributed by atoms with E-state index < -0.39 is 0 Å². The van der Waals surface area contributed by atoms with Gasteiger partial charge in [0, 0.05) is 12.3 Å². The van der Waals surface area contributed by atoms with Crippen molar-refractivity contribution in [2.75, 3.05) is 6.54 Å². The lowest BCUT2D eigenvalue weighted by atomic mass is 10.0. The van der Waals surface area contributed by atoms with E-state index in [1.807, 2.05) is 0 Å². The van der Waals surface area contributed by atoms with Crippen LogP contribution in [0.15, 0.2) is 16.6 Å². The Morgan fingerprint density at radius 1 is 0.739 bits per heavy atom. The van der Waals surface area contributed by atoms with Crippen molar-refractivity contribution in [3.05, 3.63) is 11.6 Å². The first-order valence-electron chi connectivity index (χ1n) is 10.5. The van der Waals surface area contributed by atoms with Crippen molar-refractivity contribution in [2.24, 2.45) is 4.99 Å². The fourth-order valence-electron chi connectivity index (χ4n) is 3.49. The van der Waals surface area contributed by atoms with Gasteiger partial charge in [0.1, 0.15) is 0 Å². The highest BCUT2D eigenvalue weighted by Gasteiger charge is 2.06. The summed E-state index contributed by atoms with van der Waals surface area (Å²) in [5.74, 6) is 0. The zero-order valence-corrected chi connectivity index (χ0v) is 16.0. The van der Waals surface area contributed by atoms with Crippen LogP contribution in [0.2, 0.25) is 0 Å². The Hall–Kier alpha value is -0.590. The maximum absolute atomic E-state index is 4.45. The van der Waals surface area contributed by atoms with E-state index >= 15 is 0 Å². The minimum absolute atomic E-state index is 1.02. The fraction of sp³-hybridized carbons (Fsp3) is 0.864. The molecule has 1 aliphatic heterocycles. The molecule has 1 rings (SSSR count). The monoisotopic (exact) mass is 319 g/mol. The van der Waals surface area contributed by atoms with E-state index in [-0.39, 0.29) is 0 Å². The molecular formula is C22H41N. The Morgan fingerprint density at radius 3 is 1.65 bits per heavy atom. The smallest absolute Gasteiger partial charge is 0.0433 e. The van der Waals surface area contributed by atoms with E-state index in [2.05, 4.69) is 24.9 Å². The Balaban J connectivity index is 1.74. The van der Waals surface area contributed by atoms with E-state index in [9.17, 15) is 0 Å². The minimum atomic E-state index is 1.02. The van der Waals surface area contributed by atoms with Crippen LogP contribution in [0.5, 0.6) is 0 Å². The summed E-state index contributed by atoms with van der Waals surface area (Å²) in [6, 6.07) is 0. The molecule has 0 spiro atoms. The predicted molar refractivity (Wildman–Crippen MR) is 106 cm³/mol. The summed E-state index contributed by atoms with van der Waals surface area (Å²) in [6.45, 7) is 5.48. The van der Waals surface area contributed by atoms with E-state index in [1.165, 1.54) is 114 Å². The van der Waals surface area contributed by atoms with Crippen molar-refractivity contribution in [1.82, 2.24) is 0 Å². The molecule has 1 nitrogen and oxygen atoms in total. The molecule has 0 aromatic carbocycles. The molecule has 0 N–H and O–H groups in total. The van der Waals surface area contributed by atoms with Gasteiger partial charge in [0.05, 0.1) is 0 Å². The van der Waals surface area contributed by atoms with E-state index in [0.29, 0.717) is 0 Å². The molecule has 0 saturated heterocycles. The average Bonchev–Trinajstić information content (AvgIpc) is 2.96. The fourth-order valence-corrected chi connectivity index (χ4v) is 3.49. The first-order valence-corrected chi connectivity index (χ1v) is 10.5. The number of allylic oxidation sites excluding steroid dienone is 1. The highest BCUT2D eigenvalue weighted by atomic mass is 14.8. The van der Waals surface area contributed by atoms with Crippen LogP contribution in [0.1, 0.15) is 117 Å². The van der Waals surface area contributed by atoms with Gasteiger partial charge in [-0.05, 0) is 31.8 Å². The number of unbranched alkanes of at least 4 members (excludes halogenated alkanes) is 14. The van der Waals surface area contributed by atoms with Gasteiger partial charge in [0.25, 0.3) is 0 Å². The summed E-state index contributed by atoms with van der Waals surface area (Å²) in [7, 11) is 0. The third-order valence-electron chi connectivity index (χ3n) is 5.14. The van der Waals surface area contributed by atoms with Crippen molar-refractivity contribution in [2.45, 2.75) is 117 Å². The van der Waals surface area contributed by atoms with Gasteiger partial charge in [-0.1, -0.05) is 96.5 Å². The van der Waals surface area contributed by atoms with Gasteiger partial charge >= 0.3 is 0 Å². The van der Waals surface area contributed by atoms with Gasteiger partial charge in [0.2, 0.25) is 0 Å². The second-order valence-corrected chi connectivity index (χ2v) is 7.33. The summed E-state index contributed by atoms with van der Waals surface area (Å²) in [6.07, 6.45) is 25.1. The third-order valence-corrected chi connectivity index (χ3v) is 5.14. The summed E-state index contributed by atoms with van der Waals surface area (Å²) in [4.78, 5) is 4.45. The molecule has 0 atom stereocenters. The number of nitrogens with zero attached hydrogens (tertiary/aromatic N) is 1. The summed E-state index contributed by atoms with van der Waals surface area (Å²) >= 11 is 0. The van der Waals surface area contributed by atoms with Crippen molar-refractivity contribution < 1.29 is 0 Å². The molecule has 23 heavy (non-hydrogen) atoms. The van der Waals surface area contributed by atoms with Crippen molar-refractivity contribution in [1.29, 1.82) is 0 Å². The first-order chi connectivity index (χ1) is 11.3. The van der Waals surface area contributed by atoms with Crippen molar-refractivity contribution in [3.8, 4) is 0 Å². The third kappa shape index (κ3) is 11.6. The maximum Gasteiger partial charge on any atom is 0.0433 e. The summed E-state index contributed by atoms with van der Waals surface area (Å²) < 4.78 is 0. The van der Waals surface area contributed by atoms with E-state index in [1.54, 1.807) is 0 Å². The lowest BCUT2D eigenvalue weighted by molar-refractivity contribution is 0.536. The molecule has 0 radical (unpaired) electrons. The second-order valence-electron chi connectivity index (χ2n) is 7.33. The van der Waals surface area contributed by atoms with Crippen LogP contribution in [-0.4, -0.2) is 12.3 Å². The highest BCUT2D eigenvalue weighted by Crippen LogP contribution is 2.16. The zero-order chi connectivity index (χ0) is 16.6. The maximum atomic E-state index is 4.45. The van der Waals surface area contributed by atoms with Gasteiger partial charge in [-0.25, -0.2) is 0 Å². The van der Waals surface area contributed by atoms with Gasteiger partial charge in [-0.15, -0.1) is 0 Å². The highest BCUT2D eigenvalue weighted by molar-refractivity contribution is 5.99. The van der Waals surface area contributed by atoms with Gasteiger partial charge in [-0.2, -0.15) is 0 Å². The van der Waals surface area contributed by atoms with Crippen LogP contribution in [0.3, 0.4) is 0 Å². The Bertz CT molecular complexity index is 327. The molecule has 0 aromatic rings. The molecule has 1 aliphatic rings. The van der Waals surface area contributed by atoms with Gasteiger partial charge in [-0.3, -0.25) is 4.99 Å². The molecule has 0 bridgehead atoms. The standard InChI is InChI=1S/C22H41N/c1-3-4-5-6-7-8-9-10-11-12-13-14-15-16-17-18-22-19-20-23-21(22)2/h18H,3-17,19-20H2,1-2H3. The number of aliphatic imine (C=N–C) groups is 1. The number of rotatable bonds is 15. The Kier molecular flexibility index (Phi) is 13.3. The molecule has 134 valence electrons.